The molecule has 37 heavy (non-hydrogen) atoms. The molecule has 0 radical (unpaired) electrons. The molecule has 1 aliphatic rings. The molecule has 3 amide bonds. The van der Waals surface area contributed by atoms with Crippen LogP contribution >= 0.6 is 0 Å². The number of carboxylic acid groups (broad SMARTS) is 1. The topological polar surface area (TPSA) is 129 Å². The van der Waals surface area contributed by atoms with E-state index in [9.17, 15) is 24.3 Å². The molecule has 0 bridgehead atoms. The van der Waals surface area contributed by atoms with Crippen molar-refractivity contribution in [2.24, 2.45) is 5.92 Å². The molecule has 1 aromatic heterocycles. The minimum Gasteiger partial charge on any atom is -0.480 e. The van der Waals surface area contributed by atoms with Gasteiger partial charge in [0.05, 0.1) is 17.2 Å². The number of hydrogen-bond acceptors (Lipinski definition) is 6. The Hall–Kier alpha value is -4.11. The minimum atomic E-state index is -1.16. The number of hydrogen-bond donors (Lipinski definition) is 3. The van der Waals surface area contributed by atoms with Crippen molar-refractivity contribution in [2.75, 3.05) is 6.54 Å². The lowest BCUT2D eigenvalue weighted by Crippen LogP contribution is -2.52. The maximum absolute atomic E-state index is 13.0. The van der Waals surface area contributed by atoms with Gasteiger partial charge in [-0.1, -0.05) is 44.2 Å². The van der Waals surface area contributed by atoms with Crippen LogP contribution in [0.25, 0.3) is 10.8 Å². The summed E-state index contributed by atoms with van der Waals surface area (Å²) in [5, 5.41) is 17.3. The van der Waals surface area contributed by atoms with E-state index in [4.69, 9.17) is 0 Å². The first-order valence-electron chi connectivity index (χ1n) is 12.3. The first kappa shape index (κ1) is 26.0. The van der Waals surface area contributed by atoms with Gasteiger partial charge >= 0.3 is 5.97 Å². The highest BCUT2D eigenvalue weighted by atomic mass is 16.4. The van der Waals surface area contributed by atoms with E-state index in [-0.39, 0.29) is 31.3 Å². The van der Waals surface area contributed by atoms with Gasteiger partial charge in [0, 0.05) is 25.5 Å². The molecule has 3 N–H and O–H groups in total. The Kier molecular flexibility index (Phi) is 7.93. The lowest BCUT2D eigenvalue weighted by Gasteiger charge is -2.25. The van der Waals surface area contributed by atoms with Gasteiger partial charge in [0.1, 0.15) is 6.04 Å². The molecule has 192 valence electrons. The summed E-state index contributed by atoms with van der Waals surface area (Å²) in [6.07, 6.45) is 3.67. The van der Waals surface area contributed by atoms with Crippen LogP contribution < -0.4 is 10.6 Å². The number of nitrogens with zero attached hydrogens (tertiary/aromatic N) is 2. The second-order valence-corrected chi connectivity index (χ2v) is 9.61. The highest BCUT2D eigenvalue weighted by Crippen LogP contribution is 2.28. The Balaban J connectivity index is 1.43. The molecule has 2 aromatic carbocycles. The molecular weight excluding hydrogens is 472 g/mol. The van der Waals surface area contributed by atoms with E-state index < -0.39 is 29.9 Å². The Labute approximate surface area is 214 Å². The van der Waals surface area contributed by atoms with Crippen molar-refractivity contribution in [2.45, 2.75) is 45.3 Å². The number of nitrogens with one attached hydrogen (secondary N) is 2. The van der Waals surface area contributed by atoms with Gasteiger partial charge in [-0.25, -0.2) is 0 Å². The molecule has 0 saturated heterocycles. The second-order valence-electron chi connectivity index (χ2n) is 9.61. The third kappa shape index (κ3) is 6.00. The van der Waals surface area contributed by atoms with E-state index in [1.165, 1.54) is 0 Å². The normalized spacial score (nSPS) is 14.6. The Morgan fingerprint density at radius 3 is 2.16 bits per heavy atom. The van der Waals surface area contributed by atoms with Gasteiger partial charge in [-0.15, -0.1) is 0 Å². The van der Waals surface area contributed by atoms with E-state index in [0.29, 0.717) is 17.5 Å². The molecule has 2 atom stereocenters. The van der Waals surface area contributed by atoms with Gasteiger partial charge in [-0.2, -0.15) is 0 Å². The molecule has 4 rings (SSSR count). The summed E-state index contributed by atoms with van der Waals surface area (Å²) >= 11 is 0. The van der Waals surface area contributed by atoms with Gasteiger partial charge in [0.2, 0.25) is 5.91 Å². The number of benzene rings is 2. The number of aliphatic carboxylic acids is 1. The van der Waals surface area contributed by atoms with Crippen molar-refractivity contribution in [3.8, 4) is 0 Å². The van der Waals surface area contributed by atoms with Crippen molar-refractivity contribution < 1.29 is 24.3 Å². The van der Waals surface area contributed by atoms with E-state index in [0.717, 1.165) is 21.2 Å². The van der Waals surface area contributed by atoms with E-state index >= 15 is 0 Å². The van der Waals surface area contributed by atoms with Crippen LogP contribution in [0.15, 0.2) is 60.9 Å². The van der Waals surface area contributed by atoms with E-state index in [2.05, 4.69) is 15.6 Å². The molecule has 2 heterocycles. The number of carbonyl (C=O) groups excluding carboxylic acids is 3. The third-order valence-electron chi connectivity index (χ3n) is 6.39. The number of carbonyl (C=O) groups is 4. The molecule has 0 saturated carbocycles. The van der Waals surface area contributed by atoms with Crippen LogP contribution in [-0.4, -0.2) is 57.3 Å². The molecule has 0 aliphatic carbocycles. The van der Waals surface area contributed by atoms with Gasteiger partial charge < -0.3 is 10.4 Å². The molecule has 1 aliphatic heterocycles. The molecule has 1 unspecified atom stereocenters. The average molecular weight is 503 g/mol. The van der Waals surface area contributed by atoms with Crippen LogP contribution in [0.4, 0.5) is 0 Å². The number of imide groups is 1. The lowest BCUT2D eigenvalue weighted by molar-refractivity contribution is -0.140. The summed E-state index contributed by atoms with van der Waals surface area (Å²) in [5.74, 6) is -2.24. The first-order valence-corrected chi connectivity index (χ1v) is 12.3. The standard InChI is InChI=1S/C28H30N4O5/c1-17(2)12-24(25(33)30-16-18-6-5-10-29-15-18)31-23(28(36)37)9-11-32-26(34)21-13-19-7-3-4-8-20(19)14-22(21)27(32)35/h3-8,10,13-15,17,23-24,31H,9,11-12,16H2,1-2H3,(H,30,33)(H,36,37)/t23?,24-/m1/s1. The smallest absolute Gasteiger partial charge is 0.320 e. The van der Waals surface area contributed by atoms with E-state index in [1.54, 1.807) is 30.6 Å². The zero-order valence-electron chi connectivity index (χ0n) is 20.8. The Morgan fingerprint density at radius 1 is 0.973 bits per heavy atom. The minimum absolute atomic E-state index is 0.0369. The van der Waals surface area contributed by atoms with Crippen LogP contribution in [0.1, 0.15) is 53.0 Å². The zero-order valence-corrected chi connectivity index (χ0v) is 20.8. The average Bonchev–Trinajstić information content (AvgIpc) is 3.11. The summed E-state index contributed by atoms with van der Waals surface area (Å²) < 4.78 is 0. The summed E-state index contributed by atoms with van der Waals surface area (Å²) in [6, 6.07) is 12.6. The number of pyridine rings is 1. The Bertz CT molecular complexity index is 1270. The van der Waals surface area contributed by atoms with Crippen LogP contribution in [0.2, 0.25) is 0 Å². The van der Waals surface area contributed by atoms with Crippen LogP contribution in [0.3, 0.4) is 0 Å². The van der Waals surface area contributed by atoms with Gasteiger partial charge in [0.15, 0.2) is 0 Å². The van der Waals surface area contributed by atoms with Crippen molar-refractivity contribution >= 4 is 34.5 Å². The summed E-state index contributed by atoms with van der Waals surface area (Å²) in [6.45, 7) is 4.08. The van der Waals surface area contributed by atoms with E-state index in [1.807, 2.05) is 44.2 Å². The van der Waals surface area contributed by atoms with Crippen molar-refractivity contribution in [3.63, 3.8) is 0 Å². The quantitative estimate of drug-likeness (QED) is 0.344. The fraction of sp³-hybridized carbons (Fsp3) is 0.321. The van der Waals surface area contributed by atoms with Crippen molar-refractivity contribution in [3.05, 3.63) is 77.6 Å². The number of fused-ring (bicyclic) bond motifs is 2. The molecule has 0 spiro atoms. The summed E-state index contributed by atoms with van der Waals surface area (Å²) in [5.41, 5.74) is 1.46. The number of aromatic nitrogens is 1. The summed E-state index contributed by atoms with van der Waals surface area (Å²) in [7, 11) is 0. The third-order valence-corrected chi connectivity index (χ3v) is 6.39. The Morgan fingerprint density at radius 2 is 1.62 bits per heavy atom. The predicted molar refractivity (Wildman–Crippen MR) is 138 cm³/mol. The van der Waals surface area contributed by atoms with Gasteiger partial charge in [-0.05, 0) is 53.3 Å². The summed E-state index contributed by atoms with van der Waals surface area (Å²) in [4.78, 5) is 56.1. The predicted octanol–water partition coefficient (Wildman–Crippen LogP) is 2.99. The lowest BCUT2D eigenvalue weighted by atomic mass is 10.0. The number of carboxylic acids is 1. The maximum atomic E-state index is 13.0. The molecule has 9 nitrogen and oxygen atoms in total. The van der Waals surface area contributed by atoms with Gasteiger partial charge in [-0.3, -0.25) is 34.4 Å². The fourth-order valence-electron chi connectivity index (χ4n) is 4.50. The van der Waals surface area contributed by atoms with Crippen LogP contribution in [0, 0.1) is 5.92 Å². The number of rotatable bonds is 11. The highest BCUT2D eigenvalue weighted by Gasteiger charge is 2.37. The van der Waals surface area contributed by atoms with Crippen LogP contribution in [-0.2, 0) is 16.1 Å². The molecular formula is C28H30N4O5. The highest BCUT2D eigenvalue weighted by molar-refractivity contribution is 6.23. The first-order chi connectivity index (χ1) is 17.7. The van der Waals surface area contributed by atoms with Crippen LogP contribution in [0.5, 0.6) is 0 Å². The SMILES string of the molecule is CC(C)C[C@@H](NC(CCN1C(=O)c2cc3ccccc3cc2C1=O)C(=O)O)C(=O)NCc1cccnc1. The number of amides is 3. The molecule has 0 fully saturated rings. The fourth-order valence-corrected chi connectivity index (χ4v) is 4.50. The molecule has 3 aromatic rings. The second kappa shape index (κ2) is 11.3. The molecule has 9 heteroatoms. The van der Waals surface area contributed by atoms with Crippen molar-refractivity contribution in [1.82, 2.24) is 20.5 Å². The monoisotopic (exact) mass is 502 g/mol. The largest absolute Gasteiger partial charge is 0.480 e. The maximum Gasteiger partial charge on any atom is 0.320 e. The van der Waals surface area contributed by atoms with Crippen molar-refractivity contribution in [1.29, 1.82) is 0 Å². The zero-order chi connectivity index (χ0) is 26.5. The van der Waals surface area contributed by atoms with Gasteiger partial charge in [0.25, 0.3) is 11.8 Å².